The number of hydrogen-bond acceptors (Lipinski definition) is 5. The number of esters is 1. The molecule has 28 heavy (non-hydrogen) atoms. The van der Waals surface area contributed by atoms with Crippen molar-refractivity contribution in [1.82, 2.24) is 15.5 Å². The first-order valence-corrected chi connectivity index (χ1v) is 9.37. The molecule has 0 spiro atoms. The van der Waals surface area contributed by atoms with Crippen LogP contribution in [0, 0.1) is 0 Å². The number of ether oxygens (including phenoxy) is 1. The molecule has 1 fully saturated rings. The van der Waals surface area contributed by atoms with E-state index < -0.39 is 48.5 Å². The predicted octanol–water partition coefficient (Wildman–Crippen LogP) is 2.43. The zero-order valence-corrected chi connectivity index (χ0v) is 17.2. The van der Waals surface area contributed by atoms with E-state index in [9.17, 15) is 19.2 Å². The van der Waals surface area contributed by atoms with E-state index in [1.54, 1.807) is 39.0 Å². The molecule has 1 aliphatic heterocycles. The van der Waals surface area contributed by atoms with Crippen molar-refractivity contribution in [3.8, 4) is 0 Å². The Morgan fingerprint density at radius 3 is 2.54 bits per heavy atom. The van der Waals surface area contributed by atoms with Crippen molar-refractivity contribution >= 4 is 47.0 Å². The van der Waals surface area contributed by atoms with Gasteiger partial charge in [0.2, 0.25) is 0 Å². The normalized spacial score (nSPS) is 20.0. The van der Waals surface area contributed by atoms with Crippen LogP contribution in [0.3, 0.4) is 0 Å². The average Bonchev–Trinajstić information content (AvgIpc) is 2.86. The highest BCUT2D eigenvalue weighted by atomic mass is 35.5. The minimum absolute atomic E-state index is 0.360. The van der Waals surface area contributed by atoms with Gasteiger partial charge in [-0.25, -0.2) is 4.79 Å². The van der Waals surface area contributed by atoms with Gasteiger partial charge in [-0.15, -0.1) is 0 Å². The van der Waals surface area contributed by atoms with Crippen LogP contribution in [0.15, 0.2) is 18.2 Å². The third-order valence-corrected chi connectivity index (χ3v) is 5.26. The molecule has 8 nitrogen and oxygen atoms in total. The number of nitrogens with zero attached hydrogens (tertiary/aromatic N) is 1. The molecule has 4 amide bonds. The second-order valence-corrected chi connectivity index (χ2v) is 7.44. The van der Waals surface area contributed by atoms with Gasteiger partial charge in [0.15, 0.2) is 6.61 Å². The van der Waals surface area contributed by atoms with E-state index in [1.165, 1.54) is 0 Å². The van der Waals surface area contributed by atoms with Crippen molar-refractivity contribution in [2.24, 2.45) is 0 Å². The van der Waals surface area contributed by atoms with Gasteiger partial charge in [-0.05, 0) is 38.0 Å². The van der Waals surface area contributed by atoms with Crippen molar-refractivity contribution in [2.75, 3.05) is 13.2 Å². The third kappa shape index (κ3) is 4.94. The zero-order chi connectivity index (χ0) is 21.1. The Labute approximate surface area is 172 Å². The van der Waals surface area contributed by atoms with Crippen molar-refractivity contribution in [3.05, 3.63) is 33.8 Å². The van der Waals surface area contributed by atoms with E-state index in [0.29, 0.717) is 16.5 Å². The van der Waals surface area contributed by atoms with Crippen LogP contribution < -0.4 is 10.6 Å². The topological polar surface area (TPSA) is 105 Å². The number of amides is 4. The molecular weight excluding hydrogens is 409 g/mol. The number of rotatable bonds is 7. The van der Waals surface area contributed by atoms with E-state index in [2.05, 4.69) is 10.6 Å². The minimum Gasteiger partial charge on any atom is -0.454 e. The van der Waals surface area contributed by atoms with Gasteiger partial charge in [-0.1, -0.05) is 36.2 Å². The number of nitrogens with one attached hydrogen (secondary N) is 2. The lowest BCUT2D eigenvalue weighted by Gasteiger charge is -2.19. The number of urea groups is 1. The van der Waals surface area contributed by atoms with Crippen LogP contribution in [-0.2, 0) is 19.1 Å². The molecule has 1 heterocycles. The molecule has 10 heteroatoms. The van der Waals surface area contributed by atoms with Crippen LogP contribution in [0.2, 0.25) is 10.0 Å². The second kappa shape index (κ2) is 8.79. The van der Waals surface area contributed by atoms with Gasteiger partial charge in [-0.2, -0.15) is 0 Å². The molecule has 0 saturated carbocycles. The smallest absolute Gasteiger partial charge is 0.326 e. The Balaban J connectivity index is 1.84. The summed E-state index contributed by atoms with van der Waals surface area (Å²) in [5.41, 5.74) is -0.309. The summed E-state index contributed by atoms with van der Waals surface area (Å²) in [4.78, 5) is 48.8. The fourth-order valence-corrected chi connectivity index (χ4v) is 2.91. The molecule has 1 aromatic carbocycles. The molecule has 0 aromatic heterocycles. The number of carbonyl (C=O) groups excluding carboxylic acids is 4. The Morgan fingerprint density at radius 2 is 1.96 bits per heavy atom. The van der Waals surface area contributed by atoms with E-state index >= 15 is 0 Å². The second-order valence-electron chi connectivity index (χ2n) is 6.63. The largest absolute Gasteiger partial charge is 0.454 e. The van der Waals surface area contributed by atoms with Crippen molar-refractivity contribution in [1.29, 1.82) is 0 Å². The summed E-state index contributed by atoms with van der Waals surface area (Å²) in [5.74, 6) is -1.90. The van der Waals surface area contributed by atoms with Gasteiger partial charge < -0.3 is 15.4 Å². The van der Waals surface area contributed by atoms with Crippen LogP contribution in [0.5, 0.6) is 0 Å². The van der Waals surface area contributed by atoms with Crippen molar-refractivity contribution in [2.45, 2.75) is 38.8 Å². The number of hydrogen-bond donors (Lipinski definition) is 2. The van der Waals surface area contributed by atoms with Crippen LogP contribution in [-0.4, -0.2) is 47.4 Å². The predicted molar refractivity (Wildman–Crippen MR) is 103 cm³/mol. The molecular formula is C18H21Cl2N3O5. The first-order chi connectivity index (χ1) is 13.1. The summed E-state index contributed by atoms with van der Waals surface area (Å²) in [6, 6.07) is 3.90. The van der Waals surface area contributed by atoms with Gasteiger partial charge in [0.05, 0.1) is 16.1 Å². The highest BCUT2D eigenvalue weighted by molar-refractivity contribution is 6.42. The maximum Gasteiger partial charge on any atom is 0.326 e. The maximum absolute atomic E-state index is 12.2. The number of benzene rings is 1. The summed E-state index contributed by atoms with van der Waals surface area (Å²) in [6.45, 7) is 3.96. The summed E-state index contributed by atoms with van der Waals surface area (Å²) in [6.07, 6.45) is 0.387. The number of halogens is 2. The summed E-state index contributed by atoms with van der Waals surface area (Å²) >= 11 is 11.8. The summed E-state index contributed by atoms with van der Waals surface area (Å²) < 4.78 is 4.87. The lowest BCUT2D eigenvalue weighted by Crippen LogP contribution is -2.43. The molecule has 0 radical (unpaired) electrons. The molecule has 2 unspecified atom stereocenters. The highest BCUT2D eigenvalue weighted by Gasteiger charge is 2.47. The maximum atomic E-state index is 12.2. The SMILES string of the molecule is CCC1(C)NC(=O)N(CC(=O)OCC(=O)NC(C)c2ccc(Cl)c(Cl)c2)C1=O. The van der Waals surface area contributed by atoms with E-state index in [1.807, 2.05) is 0 Å². The van der Waals surface area contributed by atoms with Gasteiger partial charge in [0, 0.05) is 0 Å². The van der Waals surface area contributed by atoms with Gasteiger partial charge in [-0.3, -0.25) is 19.3 Å². The standard InChI is InChI=1S/C18H21Cl2N3O5/c1-4-18(3)16(26)23(17(27)22-18)8-15(25)28-9-14(24)21-10(2)11-5-6-12(19)13(20)7-11/h5-7,10H,4,8-9H2,1-3H3,(H,21,24)(H,22,27). The van der Waals surface area contributed by atoms with Crippen LogP contribution >= 0.6 is 23.2 Å². The van der Waals surface area contributed by atoms with Gasteiger partial charge in [0.1, 0.15) is 12.1 Å². The number of carbonyl (C=O) groups is 4. The average molecular weight is 430 g/mol. The molecule has 1 aliphatic rings. The Hall–Kier alpha value is -2.32. The third-order valence-electron chi connectivity index (χ3n) is 4.52. The molecule has 2 N–H and O–H groups in total. The van der Waals surface area contributed by atoms with Gasteiger partial charge in [0.25, 0.3) is 11.8 Å². The molecule has 0 aliphatic carbocycles. The van der Waals surface area contributed by atoms with E-state index in [0.717, 1.165) is 10.5 Å². The van der Waals surface area contributed by atoms with Crippen LogP contribution in [0.4, 0.5) is 4.79 Å². The molecule has 152 valence electrons. The zero-order valence-electron chi connectivity index (χ0n) is 15.7. The van der Waals surface area contributed by atoms with E-state index in [-0.39, 0.29) is 0 Å². The minimum atomic E-state index is -1.04. The first-order valence-electron chi connectivity index (χ1n) is 8.61. The molecule has 2 rings (SSSR count). The summed E-state index contributed by atoms with van der Waals surface area (Å²) in [5, 5.41) is 5.95. The number of imide groups is 1. The van der Waals surface area contributed by atoms with Gasteiger partial charge >= 0.3 is 12.0 Å². The molecule has 0 bridgehead atoms. The van der Waals surface area contributed by atoms with E-state index in [4.69, 9.17) is 27.9 Å². The summed E-state index contributed by atoms with van der Waals surface area (Å²) in [7, 11) is 0. The molecule has 1 aromatic rings. The first kappa shape index (κ1) is 22.0. The quantitative estimate of drug-likeness (QED) is 0.511. The Morgan fingerprint density at radius 1 is 1.29 bits per heavy atom. The van der Waals surface area contributed by atoms with Crippen molar-refractivity contribution in [3.63, 3.8) is 0 Å². The molecule has 2 atom stereocenters. The molecule has 1 saturated heterocycles. The Kier molecular flexibility index (Phi) is 6.90. The lowest BCUT2D eigenvalue weighted by atomic mass is 9.99. The van der Waals surface area contributed by atoms with Crippen LogP contribution in [0.1, 0.15) is 38.8 Å². The monoisotopic (exact) mass is 429 g/mol. The van der Waals surface area contributed by atoms with Crippen LogP contribution in [0.25, 0.3) is 0 Å². The van der Waals surface area contributed by atoms with Crippen molar-refractivity contribution < 1.29 is 23.9 Å². The Bertz CT molecular complexity index is 816. The highest BCUT2D eigenvalue weighted by Crippen LogP contribution is 2.25. The fraction of sp³-hybridized carbons (Fsp3) is 0.444. The lowest BCUT2D eigenvalue weighted by molar-refractivity contribution is -0.151. The fourth-order valence-electron chi connectivity index (χ4n) is 2.60.